The summed E-state index contributed by atoms with van der Waals surface area (Å²) >= 11 is 0. The molecule has 0 rings (SSSR count). The van der Waals surface area contributed by atoms with Gasteiger partial charge >= 0.3 is 40.4 Å². The molecule has 0 fully saturated rings. The smallest absolute Gasteiger partial charge is 1.00 e. The van der Waals surface area contributed by atoms with Gasteiger partial charge in [-0.1, -0.05) is 272 Å². The van der Waals surface area contributed by atoms with Crippen LogP contribution in [0.3, 0.4) is 0 Å². The van der Waals surface area contributed by atoms with Crippen LogP contribution in [0.25, 0.3) is 9.30 Å². The summed E-state index contributed by atoms with van der Waals surface area (Å²) in [4.78, 5) is 0. The van der Waals surface area contributed by atoms with Gasteiger partial charge in [-0.2, -0.15) is 0 Å². The van der Waals surface area contributed by atoms with E-state index in [0.717, 1.165) is 66.5 Å². The molecule has 0 aliphatic heterocycles. The normalized spacial score (nSPS) is 13.3. The van der Waals surface area contributed by atoms with E-state index in [2.05, 4.69) is 180 Å². The molecule has 0 aromatic heterocycles. The van der Waals surface area contributed by atoms with Gasteiger partial charge in [0.05, 0.1) is 0 Å². The number of hydrogen-bond donors (Lipinski definition) is 0. The summed E-state index contributed by atoms with van der Waals surface area (Å²) in [5, 5.41) is 0. The molecule has 0 heterocycles. The zero-order valence-electron chi connectivity index (χ0n) is 39.4. The first-order valence-corrected chi connectivity index (χ1v) is 29.8. The van der Waals surface area contributed by atoms with E-state index in [1.54, 1.807) is 0 Å². The van der Waals surface area contributed by atoms with E-state index >= 15 is 0 Å². The standard InChI is InChI=1S/2C18H42NSi2.C6H14.HI.Sm/c2*1-13(2)20(14(3)4,15(5)6)19-21(16(7)8,17(9)10)18(11)12;1-3-5-6-4-2;;/h2*13-18H,1-12H3;3-6H2,1-2H3;1H;/q2*-1;;;+3/p-1. The van der Waals surface area contributed by atoms with Gasteiger partial charge in [-0.05, 0) is 32.9 Å². The molecule has 50 heavy (non-hydrogen) atoms. The minimum atomic E-state index is -1.66. The molecule has 0 atom stereocenters. The number of rotatable bonds is 19. The number of halogens is 1. The fourth-order valence-electron chi connectivity index (χ4n) is 10.7. The van der Waals surface area contributed by atoms with Crippen LogP contribution in [0.1, 0.15) is 206 Å². The van der Waals surface area contributed by atoms with E-state index < -0.39 is 32.9 Å². The minimum Gasteiger partial charge on any atom is -1.00 e. The first kappa shape index (κ1) is 62.1. The summed E-state index contributed by atoms with van der Waals surface area (Å²) in [6.07, 6.45) is 5.54. The maximum atomic E-state index is 6.01. The van der Waals surface area contributed by atoms with Gasteiger partial charge < -0.3 is 33.3 Å². The fraction of sp³-hybridized carbons (Fsp3) is 1.00. The Hall–Kier alpha value is 2.86. The Morgan fingerprint density at radius 1 is 0.280 bits per heavy atom. The van der Waals surface area contributed by atoms with Crippen molar-refractivity contribution in [1.29, 1.82) is 0 Å². The Bertz CT molecular complexity index is 598. The van der Waals surface area contributed by atoms with Crippen LogP contribution in [-0.4, -0.2) is 32.9 Å². The number of unbranched alkanes of at least 4 members (excludes halogenated alkanes) is 3. The SMILES string of the molecule is CC(C)[Si]([N-][Si](C(C)C)(C(C)C)C(C)C)(C(C)C)C(C)C.CC(C)[Si]([N-][Si](C(C)C)(C(C)C)C(C)C)(C(C)C)C(C)C.CCCCCC.[I-].[Sm+3]. The summed E-state index contributed by atoms with van der Waals surface area (Å²) in [6, 6.07) is 0. The zero-order valence-corrected chi connectivity index (χ0v) is 48.2. The maximum absolute atomic E-state index is 6.01. The second-order valence-electron chi connectivity index (χ2n) is 19.3. The maximum Gasteiger partial charge on any atom is 3.00 e. The van der Waals surface area contributed by atoms with Gasteiger partial charge in [-0.15, -0.1) is 0 Å². The van der Waals surface area contributed by atoms with Crippen LogP contribution in [0.2, 0.25) is 66.5 Å². The van der Waals surface area contributed by atoms with Crippen LogP contribution in [-0.2, 0) is 0 Å². The van der Waals surface area contributed by atoms with Gasteiger partial charge in [0.2, 0.25) is 0 Å². The van der Waals surface area contributed by atoms with Gasteiger partial charge in [0.15, 0.2) is 0 Å². The average molecular weight is 1020 g/mol. The Balaban J connectivity index is -0.000000224. The van der Waals surface area contributed by atoms with Gasteiger partial charge in [-0.3, -0.25) is 0 Å². The van der Waals surface area contributed by atoms with E-state index in [-0.39, 0.29) is 64.4 Å². The second-order valence-corrected chi connectivity index (χ2v) is 42.1. The van der Waals surface area contributed by atoms with E-state index in [1.165, 1.54) is 25.7 Å². The van der Waals surface area contributed by atoms with E-state index in [0.29, 0.717) is 0 Å². The van der Waals surface area contributed by atoms with Crippen molar-refractivity contribution >= 4 is 32.9 Å². The van der Waals surface area contributed by atoms with Gasteiger partial charge in [0.25, 0.3) is 0 Å². The molecule has 2 nitrogen and oxygen atoms in total. The van der Waals surface area contributed by atoms with Gasteiger partial charge in [-0.25, -0.2) is 0 Å². The second kappa shape index (κ2) is 28.3. The van der Waals surface area contributed by atoms with Crippen LogP contribution in [0, 0.1) is 40.4 Å². The molecule has 305 valence electrons. The van der Waals surface area contributed by atoms with Crippen molar-refractivity contribution in [2.24, 2.45) is 0 Å². The molecule has 0 aromatic carbocycles. The molecular formula is C42H98IN2Si4Sm. The predicted octanol–water partition coefficient (Wildman–Crippen LogP) is 15.0. The first-order chi connectivity index (χ1) is 21.6. The summed E-state index contributed by atoms with van der Waals surface area (Å²) in [7, 11) is -6.66. The summed E-state index contributed by atoms with van der Waals surface area (Å²) in [5.41, 5.74) is 8.84. The Kier molecular flexibility index (Phi) is 35.1. The molecule has 0 aliphatic rings. The Morgan fingerprint density at radius 3 is 0.440 bits per heavy atom. The molecule has 0 spiro atoms. The summed E-state index contributed by atoms with van der Waals surface area (Å²) < 4.78 is 12.0. The minimum absolute atomic E-state index is 0. The Labute approximate surface area is 374 Å². The molecule has 0 saturated heterocycles. The number of nitrogens with zero attached hydrogens (tertiary/aromatic N) is 2. The molecule has 0 unspecified atom stereocenters. The van der Waals surface area contributed by atoms with Crippen molar-refractivity contribution in [1.82, 2.24) is 0 Å². The molecule has 0 bridgehead atoms. The van der Waals surface area contributed by atoms with Crippen molar-refractivity contribution in [3.05, 3.63) is 9.30 Å². The number of hydrogen-bond acceptors (Lipinski definition) is 0. The van der Waals surface area contributed by atoms with Crippen LogP contribution >= 0.6 is 0 Å². The third-order valence-corrected chi connectivity index (χ3v) is 41.2. The molecule has 0 amide bonds. The molecule has 0 aromatic rings. The Morgan fingerprint density at radius 2 is 0.380 bits per heavy atom. The van der Waals surface area contributed by atoms with Crippen molar-refractivity contribution in [2.45, 2.75) is 272 Å². The van der Waals surface area contributed by atoms with Crippen LogP contribution in [0.5, 0.6) is 0 Å². The third kappa shape index (κ3) is 15.7. The largest absolute Gasteiger partial charge is 3.00 e. The van der Waals surface area contributed by atoms with Gasteiger partial charge in [0.1, 0.15) is 0 Å². The topological polar surface area (TPSA) is 28.2 Å². The monoisotopic (exact) mass is 1020 g/mol. The van der Waals surface area contributed by atoms with Crippen LogP contribution in [0.4, 0.5) is 0 Å². The van der Waals surface area contributed by atoms with Crippen molar-refractivity contribution in [3.63, 3.8) is 0 Å². The van der Waals surface area contributed by atoms with E-state index in [4.69, 9.17) is 9.30 Å². The molecule has 8 heteroatoms. The quantitative estimate of drug-likeness (QED) is 0.0701. The zero-order chi connectivity index (χ0) is 39.2. The van der Waals surface area contributed by atoms with Crippen molar-refractivity contribution in [2.75, 3.05) is 0 Å². The first-order valence-electron chi connectivity index (χ1n) is 21.1. The van der Waals surface area contributed by atoms with Gasteiger partial charge in [0, 0.05) is 0 Å². The molecule has 1 radical (unpaired) electrons. The summed E-state index contributed by atoms with van der Waals surface area (Å²) in [5.74, 6) is 0. The van der Waals surface area contributed by atoms with Crippen molar-refractivity contribution < 1.29 is 64.4 Å². The van der Waals surface area contributed by atoms with Crippen molar-refractivity contribution in [3.8, 4) is 0 Å². The van der Waals surface area contributed by atoms with Crippen LogP contribution < -0.4 is 24.0 Å². The predicted molar refractivity (Wildman–Crippen MR) is 241 cm³/mol. The fourth-order valence-corrected chi connectivity index (χ4v) is 44.5. The summed E-state index contributed by atoms with van der Waals surface area (Å²) in [6.45, 7) is 63.0. The van der Waals surface area contributed by atoms with E-state index in [1.807, 2.05) is 0 Å². The molecule has 0 saturated carbocycles. The molecule has 0 N–H and O–H groups in total. The van der Waals surface area contributed by atoms with E-state index in [9.17, 15) is 0 Å². The molecule has 0 aliphatic carbocycles. The third-order valence-electron chi connectivity index (χ3n) is 12.8. The van der Waals surface area contributed by atoms with Crippen LogP contribution in [0.15, 0.2) is 0 Å². The molecular weight excluding hydrogens is 922 g/mol. The average Bonchev–Trinajstić information content (AvgIpc) is 2.91.